The van der Waals surface area contributed by atoms with E-state index in [0.717, 1.165) is 44.3 Å². The summed E-state index contributed by atoms with van der Waals surface area (Å²) < 4.78 is 7.34. The molecule has 30 heavy (non-hydrogen) atoms. The average Bonchev–Trinajstić information content (AvgIpc) is 3.02. The molecule has 164 valence electrons. The first-order valence-electron chi connectivity index (χ1n) is 11.0. The maximum absolute atomic E-state index is 12.7. The molecule has 2 fully saturated rings. The quantitative estimate of drug-likeness (QED) is 0.815. The minimum atomic E-state index is -0.502. The standard InChI is InChI=1S/C22H33N5O3/c1-22(2,3)30-21(29)26-11-7-17(8-12-26)27-18-13-16(14-23-19(18)24-20(27)28)15-5-9-25(4)10-6-15/h13-15,17H,5-12H2,1-4H3,(H,23,24,28). The van der Waals surface area contributed by atoms with Crippen LogP contribution in [0.4, 0.5) is 4.79 Å². The Morgan fingerprint density at radius 2 is 1.80 bits per heavy atom. The van der Waals surface area contributed by atoms with E-state index in [1.165, 1.54) is 5.56 Å². The van der Waals surface area contributed by atoms with Gasteiger partial charge in [-0.2, -0.15) is 0 Å². The van der Waals surface area contributed by atoms with Gasteiger partial charge in [0.15, 0.2) is 5.65 Å². The molecule has 2 aliphatic rings. The number of likely N-dealkylation sites (tertiary alicyclic amines) is 2. The van der Waals surface area contributed by atoms with Crippen LogP contribution in [0.25, 0.3) is 11.2 Å². The van der Waals surface area contributed by atoms with Crippen molar-refractivity contribution in [1.29, 1.82) is 0 Å². The van der Waals surface area contributed by atoms with Crippen molar-refractivity contribution in [3.8, 4) is 0 Å². The smallest absolute Gasteiger partial charge is 0.410 e. The molecule has 0 bridgehead atoms. The lowest BCUT2D eigenvalue weighted by molar-refractivity contribution is 0.0189. The number of hydrogen-bond donors (Lipinski definition) is 1. The highest BCUT2D eigenvalue weighted by atomic mass is 16.6. The highest BCUT2D eigenvalue weighted by molar-refractivity contribution is 5.72. The van der Waals surface area contributed by atoms with Crippen LogP contribution in [0.1, 0.15) is 64.0 Å². The first-order valence-corrected chi connectivity index (χ1v) is 11.0. The highest BCUT2D eigenvalue weighted by Crippen LogP contribution is 2.30. The van der Waals surface area contributed by atoms with Gasteiger partial charge in [0.05, 0.1) is 5.52 Å². The maximum Gasteiger partial charge on any atom is 0.410 e. The Bertz CT molecular complexity index is 957. The Balaban J connectivity index is 1.52. The molecule has 0 radical (unpaired) electrons. The lowest BCUT2D eigenvalue weighted by Crippen LogP contribution is -2.43. The number of aromatic nitrogens is 3. The number of aromatic amines is 1. The van der Waals surface area contributed by atoms with E-state index in [1.807, 2.05) is 31.5 Å². The lowest BCUT2D eigenvalue weighted by Gasteiger charge is -2.34. The number of carbonyl (C=O) groups excluding carboxylic acids is 1. The molecule has 1 N–H and O–H groups in total. The Morgan fingerprint density at radius 3 is 2.43 bits per heavy atom. The van der Waals surface area contributed by atoms with E-state index < -0.39 is 5.60 Å². The Hall–Kier alpha value is -2.35. The molecule has 8 nitrogen and oxygen atoms in total. The molecule has 2 aromatic rings. The Kier molecular flexibility index (Phi) is 5.61. The van der Waals surface area contributed by atoms with E-state index in [2.05, 4.69) is 28.0 Å². The summed E-state index contributed by atoms with van der Waals surface area (Å²) in [6.07, 6.45) is 5.33. The summed E-state index contributed by atoms with van der Waals surface area (Å²) in [6, 6.07) is 2.20. The zero-order valence-electron chi connectivity index (χ0n) is 18.5. The second-order valence-corrected chi connectivity index (χ2v) is 9.71. The first-order chi connectivity index (χ1) is 14.2. The largest absolute Gasteiger partial charge is 0.444 e. The van der Waals surface area contributed by atoms with Gasteiger partial charge in [0.2, 0.25) is 0 Å². The van der Waals surface area contributed by atoms with Crippen molar-refractivity contribution < 1.29 is 9.53 Å². The van der Waals surface area contributed by atoms with Crippen LogP contribution in [-0.2, 0) is 4.74 Å². The van der Waals surface area contributed by atoms with Crippen LogP contribution in [0.2, 0.25) is 0 Å². The molecule has 2 aromatic heterocycles. The average molecular weight is 416 g/mol. The van der Waals surface area contributed by atoms with Crippen LogP contribution >= 0.6 is 0 Å². The second-order valence-electron chi connectivity index (χ2n) is 9.71. The Labute approximate surface area is 177 Å². The van der Waals surface area contributed by atoms with Gasteiger partial charge < -0.3 is 14.5 Å². The molecular formula is C22H33N5O3. The highest BCUT2D eigenvalue weighted by Gasteiger charge is 2.29. The van der Waals surface area contributed by atoms with Crippen molar-refractivity contribution in [1.82, 2.24) is 24.3 Å². The van der Waals surface area contributed by atoms with Crippen molar-refractivity contribution in [2.24, 2.45) is 0 Å². The van der Waals surface area contributed by atoms with Gasteiger partial charge in [-0.05, 0) is 84.1 Å². The fourth-order valence-electron chi connectivity index (χ4n) is 4.58. The van der Waals surface area contributed by atoms with Crippen LogP contribution in [0.5, 0.6) is 0 Å². The molecule has 0 saturated carbocycles. The zero-order chi connectivity index (χ0) is 21.5. The van der Waals surface area contributed by atoms with Crippen molar-refractivity contribution in [3.05, 3.63) is 28.3 Å². The number of piperidine rings is 2. The molecule has 2 saturated heterocycles. The number of pyridine rings is 1. The van der Waals surface area contributed by atoms with Gasteiger partial charge in [-0.1, -0.05) is 0 Å². The third-order valence-corrected chi connectivity index (χ3v) is 6.26. The van der Waals surface area contributed by atoms with Gasteiger partial charge in [0, 0.05) is 25.3 Å². The third-order valence-electron chi connectivity index (χ3n) is 6.26. The van der Waals surface area contributed by atoms with E-state index in [0.29, 0.717) is 24.7 Å². The summed E-state index contributed by atoms with van der Waals surface area (Å²) in [5, 5.41) is 0. The topological polar surface area (TPSA) is 83.5 Å². The summed E-state index contributed by atoms with van der Waals surface area (Å²) in [5.41, 5.74) is 2.12. The maximum atomic E-state index is 12.7. The fourth-order valence-corrected chi connectivity index (χ4v) is 4.58. The molecule has 4 heterocycles. The minimum Gasteiger partial charge on any atom is -0.444 e. The van der Waals surface area contributed by atoms with E-state index in [1.54, 1.807) is 4.90 Å². The van der Waals surface area contributed by atoms with Gasteiger partial charge in [-0.3, -0.25) is 9.55 Å². The summed E-state index contributed by atoms with van der Waals surface area (Å²) in [7, 11) is 2.16. The molecule has 8 heteroatoms. The number of amides is 1. The number of imidazole rings is 1. The van der Waals surface area contributed by atoms with E-state index in [-0.39, 0.29) is 17.8 Å². The molecule has 1 amide bonds. The van der Waals surface area contributed by atoms with E-state index >= 15 is 0 Å². The van der Waals surface area contributed by atoms with Crippen molar-refractivity contribution in [3.63, 3.8) is 0 Å². The number of nitrogens with zero attached hydrogens (tertiary/aromatic N) is 4. The summed E-state index contributed by atoms with van der Waals surface area (Å²) in [4.78, 5) is 36.6. The van der Waals surface area contributed by atoms with E-state index in [4.69, 9.17) is 4.74 Å². The van der Waals surface area contributed by atoms with E-state index in [9.17, 15) is 9.59 Å². The molecule has 0 spiro atoms. The molecule has 0 aliphatic carbocycles. The SMILES string of the molecule is CN1CCC(c2cnc3[nH]c(=O)n(C4CCN(C(=O)OC(C)(C)C)CC4)c3c2)CC1. The predicted molar refractivity (Wildman–Crippen MR) is 116 cm³/mol. The summed E-state index contributed by atoms with van der Waals surface area (Å²) >= 11 is 0. The van der Waals surface area contributed by atoms with Crippen LogP contribution in [0, 0.1) is 0 Å². The van der Waals surface area contributed by atoms with Crippen LogP contribution < -0.4 is 5.69 Å². The molecule has 0 unspecified atom stereocenters. The normalized spacial score (nSPS) is 20.1. The number of H-pyrrole nitrogens is 1. The number of carbonyl (C=O) groups is 1. The van der Waals surface area contributed by atoms with Crippen molar-refractivity contribution >= 4 is 17.3 Å². The minimum absolute atomic E-state index is 0.0551. The zero-order valence-corrected chi connectivity index (χ0v) is 18.5. The third kappa shape index (κ3) is 4.38. The monoisotopic (exact) mass is 415 g/mol. The lowest BCUT2D eigenvalue weighted by atomic mass is 9.90. The summed E-state index contributed by atoms with van der Waals surface area (Å²) in [6.45, 7) is 8.97. The van der Waals surface area contributed by atoms with Crippen LogP contribution in [-0.4, -0.2) is 69.3 Å². The number of nitrogens with one attached hydrogen (secondary N) is 1. The predicted octanol–water partition coefficient (Wildman–Crippen LogP) is 3.11. The second kappa shape index (κ2) is 8.06. The molecule has 0 aromatic carbocycles. The van der Waals surface area contributed by atoms with Crippen LogP contribution in [0.3, 0.4) is 0 Å². The summed E-state index contributed by atoms with van der Waals surface area (Å²) in [5.74, 6) is 0.491. The van der Waals surface area contributed by atoms with Gasteiger partial charge in [-0.15, -0.1) is 0 Å². The van der Waals surface area contributed by atoms with Gasteiger partial charge in [-0.25, -0.2) is 14.6 Å². The van der Waals surface area contributed by atoms with Crippen molar-refractivity contribution in [2.45, 2.75) is 64.0 Å². The first kappa shape index (κ1) is 20.9. The van der Waals surface area contributed by atoms with Gasteiger partial charge in [0.1, 0.15) is 5.60 Å². The molecular weight excluding hydrogens is 382 g/mol. The fraction of sp³-hybridized carbons (Fsp3) is 0.682. The van der Waals surface area contributed by atoms with Crippen molar-refractivity contribution in [2.75, 3.05) is 33.2 Å². The Morgan fingerprint density at radius 1 is 1.13 bits per heavy atom. The van der Waals surface area contributed by atoms with Gasteiger partial charge >= 0.3 is 11.8 Å². The number of ether oxygens (including phenoxy) is 1. The molecule has 0 atom stereocenters. The number of hydrogen-bond acceptors (Lipinski definition) is 5. The number of fused-ring (bicyclic) bond motifs is 1. The number of rotatable bonds is 2. The molecule has 2 aliphatic heterocycles. The molecule has 4 rings (SSSR count). The van der Waals surface area contributed by atoms with Gasteiger partial charge in [0.25, 0.3) is 0 Å². The van der Waals surface area contributed by atoms with Crippen LogP contribution in [0.15, 0.2) is 17.1 Å².